The standard InChI is InChI=1S/C31H46N6O5S.2ClH/c1-22(2)20-25(26(38)28-34-35-30(42-28)43-19-16-36(3)4)32-29(40)31(12-6-5-7-13-31)33-27(39)24-10-8-23(9-11-24)21-37-14-17-41-18-15-37;;/h8-11,22,25H,5-7,12-21H2,1-4H3,(H,32,40)(H,33,39);2*1H. The number of aromatic nitrogens is 2. The van der Waals surface area contributed by atoms with Crippen molar-refractivity contribution in [3.8, 4) is 0 Å². The van der Waals surface area contributed by atoms with Gasteiger partial charge < -0.3 is 24.7 Å². The van der Waals surface area contributed by atoms with Gasteiger partial charge in [0.25, 0.3) is 17.0 Å². The van der Waals surface area contributed by atoms with E-state index in [1.165, 1.54) is 11.8 Å². The number of Topliss-reactive ketones (excluding diaryl/α,β-unsaturated/α-hetero) is 1. The second-order valence-electron chi connectivity index (χ2n) is 12.2. The molecule has 4 rings (SSSR count). The SMILES string of the molecule is CC(C)CC(NC(=O)C1(NC(=O)c2ccc(CN3CCOCC3)cc2)CCCCC1)C(=O)c1nnc(SCCN(C)C)o1.Cl.Cl. The molecule has 1 saturated carbocycles. The third-order valence-corrected chi connectivity index (χ3v) is 8.73. The Labute approximate surface area is 283 Å². The molecule has 0 bridgehead atoms. The molecular weight excluding hydrogens is 639 g/mol. The van der Waals surface area contributed by atoms with Crippen molar-refractivity contribution in [3.05, 3.63) is 41.3 Å². The van der Waals surface area contributed by atoms with Gasteiger partial charge in [0.15, 0.2) is 0 Å². The highest BCUT2D eigenvalue weighted by molar-refractivity contribution is 7.99. The van der Waals surface area contributed by atoms with Crippen LogP contribution in [0.4, 0.5) is 0 Å². The fraction of sp³-hybridized carbons (Fsp3) is 0.645. The molecule has 45 heavy (non-hydrogen) atoms. The first-order valence-electron chi connectivity index (χ1n) is 15.3. The van der Waals surface area contributed by atoms with Crippen LogP contribution in [-0.2, 0) is 16.1 Å². The van der Waals surface area contributed by atoms with Crippen molar-refractivity contribution in [1.82, 2.24) is 30.6 Å². The number of rotatable bonds is 14. The summed E-state index contributed by atoms with van der Waals surface area (Å²) in [5.41, 5.74) is 0.529. The maximum absolute atomic E-state index is 13.9. The van der Waals surface area contributed by atoms with Gasteiger partial charge in [-0.3, -0.25) is 19.3 Å². The second kappa shape index (κ2) is 18.8. The van der Waals surface area contributed by atoms with Crippen molar-refractivity contribution in [3.63, 3.8) is 0 Å². The zero-order valence-corrected chi connectivity index (χ0v) is 29.2. The number of thioether (sulfide) groups is 1. The molecule has 14 heteroatoms. The van der Waals surface area contributed by atoms with Gasteiger partial charge in [-0.05, 0) is 57.0 Å². The zero-order chi connectivity index (χ0) is 30.8. The van der Waals surface area contributed by atoms with Crippen LogP contribution < -0.4 is 10.6 Å². The summed E-state index contributed by atoms with van der Waals surface area (Å²) in [7, 11) is 3.96. The first kappa shape index (κ1) is 39.0. The fourth-order valence-electron chi connectivity index (χ4n) is 5.46. The minimum Gasteiger partial charge on any atom is -0.408 e. The largest absolute Gasteiger partial charge is 0.408 e. The maximum atomic E-state index is 13.9. The molecule has 2 aliphatic rings. The van der Waals surface area contributed by atoms with Crippen LogP contribution in [0.15, 0.2) is 33.9 Å². The van der Waals surface area contributed by atoms with Crippen molar-refractivity contribution in [1.29, 1.82) is 0 Å². The molecular formula is C31H48Cl2N6O5S. The van der Waals surface area contributed by atoms with E-state index >= 15 is 0 Å². The summed E-state index contributed by atoms with van der Waals surface area (Å²) in [6, 6.07) is 6.71. The van der Waals surface area contributed by atoms with Gasteiger partial charge >= 0.3 is 0 Å². The highest BCUT2D eigenvalue weighted by Gasteiger charge is 2.43. The fourth-order valence-corrected chi connectivity index (χ4v) is 6.33. The number of ether oxygens (including phenoxy) is 1. The van der Waals surface area contributed by atoms with Gasteiger partial charge in [-0.1, -0.05) is 57.0 Å². The Kier molecular flexibility index (Phi) is 16.3. The molecule has 2 aromatic rings. The summed E-state index contributed by atoms with van der Waals surface area (Å²) in [5.74, 6) is -0.298. The number of ketones is 1. The highest BCUT2D eigenvalue weighted by Crippen LogP contribution is 2.30. The molecule has 252 valence electrons. The van der Waals surface area contributed by atoms with E-state index in [-0.39, 0.29) is 48.4 Å². The molecule has 2 fully saturated rings. The van der Waals surface area contributed by atoms with Crippen LogP contribution in [0, 0.1) is 5.92 Å². The van der Waals surface area contributed by atoms with Gasteiger partial charge in [-0.2, -0.15) is 0 Å². The van der Waals surface area contributed by atoms with Crippen molar-refractivity contribution < 1.29 is 23.5 Å². The molecule has 0 radical (unpaired) electrons. The number of carbonyl (C=O) groups is 3. The van der Waals surface area contributed by atoms with E-state index in [0.717, 1.165) is 70.0 Å². The number of benzene rings is 1. The van der Waals surface area contributed by atoms with Crippen LogP contribution in [0.5, 0.6) is 0 Å². The average molecular weight is 688 g/mol. The summed E-state index contributed by atoms with van der Waals surface area (Å²) in [6.07, 6.45) is 4.04. The van der Waals surface area contributed by atoms with Crippen molar-refractivity contribution >= 4 is 54.2 Å². The van der Waals surface area contributed by atoms with E-state index in [0.29, 0.717) is 30.0 Å². The van der Waals surface area contributed by atoms with Gasteiger partial charge in [-0.25, -0.2) is 0 Å². The quantitative estimate of drug-likeness (QED) is 0.220. The van der Waals surface area contributed by atoms with E-state index in [2.05, 4.69) is 25.7 Å². The molecule has 0 spiro atoms. The average Bonchev–Trinajstić information content (AvgIpc) is 3.46. The number of hydrogen-bond acceptors (Lipinski definition) is 10. The van der Waals surface area contributed by atoms with E-state index < -0.39 is 17.4 Å². The summed E-state index contributed by atoms with van der Waals surface area (Å²) < 4.78 is 11.1. The number of carbonyl (C=O) groups excluding carboxylic acids is 3. The maximum Gasteiger partial charge on any atom is 0.286 e. The Morgan fingerprint density at radius 2 is 1.69 bits per heavy atom. The molecule has 1 aromatic carbocycles. The van der Waals surface area contributed by atoms with Crippen LogP contribution >= 0.6 is 36.6 Å². The predicted octanol–water partition coefficient (Wildman–Crippen LogP) is 4.25. The second-order valence-corrected chi connectivity index (χ2v) is 13.3. The molecule has 1 saturated heterocycles. The smallest absolute Gasteiger partial charge is 0.286 e. The van der Waals surface area contributed by atoms with Crippen LogP contribution in [0.3, 0.4) is 0 Å². The normalized spacial score (nSPS) is 17.2. The number of halogens is 2. The zero-order valence-electron chi connectivity index (χ0n) is 26.7. The number of amides is 2. The van der Waals surface area contributed by atoms with Gasteiger partial charge in [-0.15, -0.1) is 35.0 Å². The van der Waals surface area contributed by atoms with Crippen molar-refractivity contribution in [2.75, 3.05) is 52.7 Å². The Balaban J connectivity index is 0.00000353. The highest BCUT2D eigenvalue weighted by atomic mass is 35.5. The molecule has 2 amide bonds. The molecule has 2 heterocycles. The Bertz CT molecular complexity index is 1220. The topological polar surface area (TPSA) is 130 Å². The lowest BCUT2D eigenvalue weighted by Gasteiger charge is -2.37. The van der Waals surface area contributed by atoms with Gasteiger partial charge in [0, 0.05) is 37.5 Å². The third-order valence-electron chi connectivity index (χ3n) is 7.93. The van der Waals surface area contributed by atoms with Gasteiger partial charge in [0.1, 0.15) is 5.54 Å². The van der Waals surface area contributed by atoms with E-state index in [1.54, 1.807) is 0 Å². The van der Waals surface area contributed by atoms with Crippen molar-refractivity contribution in [2.45, 2.75) is 75.7 Å². The third kappa shape index (κ3) is 11.5. The number of hydrogen-bond donors (Lipinski definition) is 2. The number of morpholine rings is 1. The molecule has 1 aliphatic heterocycles. The summed E-state index contributed by atoms with van der Waals surface area (Å²) >= 11 is 1.39. The number of nitrogens with zero attached hydrogens (tertiary/aromatic N) is 4. The molecule has 11 nitrogen and oxygen atoms in total. The molecule has 1 unspecified atom stereocenters. The van der Waals surface area contributed by atoms with Crippen LogP contribution in [0.1, 0.15) is 79.0 Å². The minimum absolute atomic E-state index is 0. The molecule has 1 atom stereocenters. The number of nitrogens with one attached hydrogen (secondary N) is 2. The lowest BCUT2D eigenvalue weighted by molar-refractivity contribution is -0.129. The lowest BCUT2D eigenvalue weighted by Crippen LogP contribution is -2.62. The Hall–Kier alpha value is -2.22. The Morgan fingerprint density at radius 1 is 1.02 bits per heavy atom. The first-order chi connectivity index (χ1) is 20.6. The summed E-state index contributed by atoms with van der Waals surface area (Å²) in [5, 5.41) is 14.4. The predicted molar refractivity (Wildman–Crippen MR) is 180 cm³/mol. The van der Waals surface area contributed by atoms with Gasteiger partial charge in [0.2, 0.25) is 11.7 Å². The molecule has 1 aromatic heterocycles. The summed E-state index contributed by atoms with van der Waals surface area (Å²) in [4.78, 5) is 45.2. The van der Waals surface area contributed by atoms with Crippen LogP contribution in [0.25, 0.3) is 0 Å². The van der Waals surface area contributed by atoms with E-state index in [9.17, 15) is 14.4 Å². The molecule has 2 N–H and O–H groups in total. The van der Waals surface area contributed by atoms with E-state index in [1.807, 2.05) is 57.1 Å². The minimum atomic E-state index is -1.10. The van der Waals surface area contributed by atoms with Crippen LogP contribution in [0.2, 0.25) is 0 Å². The van der Waals surface area contributed by atoms with Crippen LogP contribution in [-0.4, -0.2) is 102 Å². The molecule has 1 aliphatic carbocycles. The monoisotopic (exact) mass is 686 g/mol. The van der Waals surface area contributed by atoms with Crippen molar-refractivity contribution in [2.24, 2.45) is 5.92 Å². The van der Waals surface area contributed by atoms with E-state index in [4.69, 9.17) is 9.15 Å². The lowest BCUT2D eigenvalue weighted by atomic mass is 9.80. The van der Waals surface area contributed by atoms with Gasteiger partial charge in [0.05, 0.1) is 19.3 Å². The Morgan fingerprint density at radius 3 is 2.31 bits per heavy atom. The summed E-state index contributed by atoms with van der Waals surface area (Å²) in [6.45, 7) is 8.87. The first-order valence-corrected chi connectivity index (χ1v) is 16.3.